The van der Waals surface area contributed by atoms with E-state index in [-0.39, 0.29) is 0 Å². The molecule has 0 bridgehead atoms. The second-order valence-electron chi connectivity index (χ2n) is 6.50. The maximum Gasteiger partial charge on any atom is 0.233 e. The van der Waals surface area contributed by atoms with Crippen LogP contribution in [0.1, 0.15) is 32.6 Å². The van der Waals surface area contributed by atoms with Crippen LogP contribution < -0.4 is 15.5 Å². The third-order valence-electron chi connectivity index (χ3n) is 4.33. The van der Waals surface area contributed by atoms with Crippen molar-refractivity contribution in [3.05, 3.63) is 27.8 Å². The number of benzene rings is 1. The average Bonchev–Trinajstić information content (AvgIpc) is 2.70. The highest BCUT2D eigenvalue weighted by molar-refractivity contribution is 14.1. The lowest BCUT2D eigenvalue weighted by atomic mass is 10.2. The molecule has 0 spiro atoms. The number of unbranched alkanes of at least 4 members (excludes halogenated alkanes) is 3. The number of nitrogens with zero attached hydrogens (tertiary/aromatic N) is 4. The Bertz CT molecular complexity index is 706. The van der Waals surface area contributed by atoms with Gasteiger partial charge in [0.15, 0.2) is 0 Å². The molecule has 1 saturated heterocycles. The molecule has 0 saturated carbocycles. The molecule has 3 rings (SSSR count). The van der Waals surface area contributed by atoms with Crippen LogP contribution in [0, 0.1) is 3.57 Å². The molecule has 0 radical (unpaired) electrons. The van der Waals surface area contributed by atoms with Crippen LogP contribution in [0.3, 0.4) is 0 Å². The molecular formula is C19H27IN6O. The number of ether oxygens (including phenoxy) is 1. The summed E-state index contributed by atoms with van der Waals surface area (Å²) < 4.78 is 6.64. The van der Waals surface area contributed by atoms with E-state index in [1.807, 2.05) is 12.1 Å². The van der Waals surface area contributed by atoms with Crippen LogP contribution >= 0.6 is 22.6 Å². The van der Waals surface area contributed by atoms with Gasteiger partial charge in [-0.05, 0) is 53.3 Å². The summed E-state index contributed by atoms with van der Waals surface area (Å²) in [6.45, 7) is 6.08. The van der Waals surface area contributed by atoms with Gasteiger partial charge >= 0.3 is 0 Å². The molecule has 146 valence electrons. The van der Waals surface area contributed by atoms with Crippen LogP contribution in [0.4, 0.5) is 23.5 Å². The molecule has 1 aromatic carbocycles. The maximum atomic E-state index is 5.45. The van der Waals surface area contributed by atoms with E-state index in [0.29, 0.717) is 31.1 Å². The lowest BCUT2D eigenvalue weighted by Gasteiger charge is -2.27. The molecule has 1 fully saturated rings. The summed E-state index contributed by atoms with van der Waals surface area (Å²) in [4.78, 5) is 16.0. The number of halogens is 1. The first kappa shape index (κ1) is 20.1. The minimum Gasteiger partial charge on any atom is -0.378 e. The fraction of sp³-hybridized carbons (Fsp3) is 0.526. The molecule has 2 aromatic rings. The third kappa shape index (κ3) is 6.46. The van der Waals surface area contributed by atoms with Gasteiger partial charge in [-0.15, -0.1) is 0 Å². The molecule has 0 amide bonds. The standard InChI is InChI=1S/C19H27IN6O/c1-2-3-4-5-10-21-17-23-18(22-16-8-6-15(20)7-9-16)25-19(24-17)26-11-13-27-14-12-26/h6-9H,2-5,10-14H2,1H3,(H2,21,22,23,24,25). The van der Waals surface area contributed by atoms with E-state index in [1.165, 1.54) is 22.8 Å². The summed E-state index contributed by atoms with van der Waals surface area (Å²) in [6.07, 6.45) is 4.83. The molecular weight excluding hydrogens is 455 g/mol. The van der Waals surface area contributed by atoms with E-state index in [0.717, 1.165) is 31.7 Å². The van der Waals surface area contributed by atoms with Crippen molar-refractivity contribution in [2.45, 2.75) is 32.6 Å². The van der Waals surface area contributed by atoms with Crippen molar-refractivity contribution in [2.75, 3.05) is 48.4 Å². The molecule has 0 aliphatic carbocycles. The van der Waals surface area contributed by atoms with Gasteiger partial charge in [0, 0.05) is 28.9 Å². The van der Waals surface area contributed by atoms with E-state index in [9.17, 15) is 0 Å². The van der Waals surface area contributed by atoms with Crippen molar-refractivity contribution < 1.29 is 4.74 Å². The Balaban J connectivity index is 1.73. The summed E-state index contributed by atoms with van der Waals surface area (Å²) in [5, 5.41) is 6.66. The Hall–Kier alpha value is -1.68. The van der Waals surface area contributed by atoms with Gasteiger partial charge < -0.3 is 20.3 Å². The zero-order valence-electron chi connectivity index (χ0n) is 15.7. The number of nitrogens with one attached hydrogen (secondary N) is 2. The minimum atomic E-state index is 0.559. The average molecular weight is 482 g/mol. The van der Waals surface area contributed by atoms with Crippen molar-refractivity contribution in [3.8, 4) is 0 Å². The topological polar surface area (TPSA) is 75.2 Å². The number of hydrogen-bond acceptors (Lipinski definition) is 7. The summed E-state index contributed by atoms with van der Waals surface area (Å²) in [5.74, 6) is 1.87. The van der Waals surface area contributed by atoms with E-state index in [1.54, 1.807) is 0 Å². The van der Waals surface area contributed by atoms with Gasteiger partial charge in [0.1, 0.15) is 0 Å². The number of morpholine rings is 1. The zero-order chi connectivity index (χ0) is 18.9. The van der Waals surface area contributed by atoms with Crippen LogP contribution in [0.2, 0.25) is 0 Å². The van der Waals surface area contributed by atoms with Crippen molar-refractivity contribution in [2.24, 2.45) is 0 Å². The van der Waals surface area contributed by atoms with Crippen LogP contribution in [0.5, 0.6) is 0 Å². The van der Waals surface area contributed by atoms with E-state index < -0.39 is 0 Å². The summed E-state index contributed by atoms with van der Waals surface area (Å²) in [6, 6.07) is 8.16. The van der Waals surface area contributed by atoms with E-state index in [4.69, 9.17) is 4.74 Å². The van der Waals surface area contributed by atoms with Crippen molar-refractivity contribution in [1.29, 1.82) is 0 Å². The monoisotopic (exact) mass is 482 g/mol. The van der Waals surface area contributed by atoms with Crippen molar-refractivity contribution >= 4 is 46.1 Å². The molecule has 0 atom stereocenters. The first-order chi connectivity index (χ1) is 13.2. The SMILES string of the molecule is CCCCCCNc1nc(Nc2ccc(I)cc2)nc(N2CCOCC2)n1. The Morgan fingerprint density at radius 3 is 2.48 bits per heavy atom. The van der Waals surface area contributed by atoms with Gasteiger partial charge in [-0.1, -0.05) is 26.2 Å². The van der Waals surface area contributed by atoms with E-state index in [2.05, 4.69) is 72.1 Å². The highest BCUT2D eigenvalue weighted by Gasteiger charge is 2.16. The molecule has 1 aliphatic heterocycles. The quantitative estimate of drug-likeness (QED) is 0.413. The molecule has 1 aromatic heterocycles. The smallest absolute Gasteiger partial charge is 0.233 e. The molecule has 2 N–H and O–H groups in total. The number of aromatic nitrogens is 3. The number of hydrogen-bond donors (Lipinski definition) is 2. The molecule has 8 heteroatoms. The van der Waals surface area contributed by atoms with Crippen molar-refractivity contribution in [1.82, 2.24) is 15.0 Å². The fourth-order valence-electron chi connectivity index (χ4n) is 2.82. The Labute approximate surface area is 174 Å². The first-order valence-electron chi connectivity index (χ1n) is 9.60. The first-order valence-corrected chi connectivity index (χ1v) is 10.7. The lowest BCUT2D eigenvalue weighted by Crippen LogP contribution is -2.37. The maximum absolute atomic E-state index is 5.45. The largest absolute Gasteiger partial charge is 0.378 e. The van der Waals surface area contributed by atoms with E-state index >= 15 is 0 Å². The predicted octanol–water partition coefficient (Wildman–Crippen LogP) is 4.05. The van der Waals surface area contributed by atoms with Gasteiger partial charge in [0.2, 0.25) is 17.8 Å². The zero-order valence-corrected chi connectivity index (χ0v) is 17.9. The second kappa shape index (κ2) is 10.6. The molecule has 2 heterocycles. The molecule has 0 unspecified atom stereocenters. The third-order valence-corrected chi connectivity index (χ3v) is 5.05. The fourth-order valence-corrected chi connectivity index (χ4v) is 3.18. The normalized spacial score (nSPS) is 14.2. The van der Waals surface area contributed by atoms with Crippen LogP contribution in [0.25, 0.3) is 0 Å². The minimum absolute atomic E-state index is 0.559. The lowest BCUT2D eigenvalue weighted by molar-refractivity contribution is 0.122. The summed E-state index contributed by atoms with van der Waals surface area (Å²) in [7, 11) is 0. The van der Waals surface area contributed by atoms with Gasteiger partial charge in [-0.3, -0.25) is 0 Å². The Morgan fingerprint density at radius 2 is 1.74 bits per heavy atom. The number of anilines is 4. The second-order valence-corrected chi connectivity index (χ2v) is 7.75. The number of rotatable bonds is 9. The van der Waals surface area contributed by atoms with Crippen LogP contribution in [0.15, 0.2) is 24.3 Å². The van der Waals surface area contributed by atoms with Gasteiger partial charge in [-0.25, -0.2) is 0 Å². The van der Waals surface area contributed by atoms with Gasteiger partial charge in [-0.2, -0.15) is 15.0 Å². The summed E-state index contributed by atoms with van der Waals surface area (Å²) in [5.41, 5.74) is 0.962. The van der Waals surface area contributed by atoms with Crippen LogP contribution in [-0.2, 0) is 4.74 Å². The molecule has 1 aliphatic rings. The van der Waals surface area contributed by atoms with Crippen molar-refractivity contribution in [3.63, 3.8) is 0 Å². The van der Waals surface area contributed by atoms with Crippen LogP contribution in [-0.4, -0.2) is 47.8 Å². The Kier molecular flexibility index (Phi) is 7.88. The summed E-state index contributed by atoms with van der Waals surface area (Å²) >= 11 is 2.29. The molecule has 7 nitrogen and oxygen atoms in total. The highest BCUT2D eigenvalue weighted by atomic mass is 127. The predicted molar refractivity (Wildman–Crippen MR) is 118 cm³/mol. The molecule has 27 heavy (non-hydrogen) atoms. The van der Waals surface area contributed by atoms with Gasteiger partial charge in [0.25, 0.3) is 0 Å². The van der Waals surface area contributed by atoms with Gasteiger partial charge in [0.05, 0.1) is 13.2 Å². The Morgan fingerprint density at radius 1 is 1.00 bits per heavy atom. The highest BCUT2D eigenvalue weighted by Crippen LogP contribution is 2.19.